The van der Waals surface area contributed by atoms with E-state index in [1.807, 2.05) is 12.1 Å². The van der Waals surface area contributed by atoms with Gasteiger partial charge in [-0.1, -0.05) is 36.6 Å². The first kappa shape index (κ1) is 16.3. The number of nitrogens with zero attached hydrogens (tertiary/aromatic N) is 1. The van der Waals surface area contributed by atoms with Gasteiger partial charge < -0.3 is 15.7 Å². The van der Waals surface area contributed by atoms with E-state index in [2.05, 4.69) is 17.0 Å². The van der Waals surface area contributed by atoms with Gasteiger partial charge in [0.25, 0.3) is 0 Å². The van der Waals surface area contributed by atoms with Crippen LogP contribution in [0, 0.1) is 5.92 Å². The van der Waals surface area contributed by atoms with Crippen molar-refractivity contribution in [1.82, 2.24) is 4.90 Å². The van der Waals surface area contributed by atoms with Crippen LogP contribution in [0.4, 0.5) is 0 Å². The van der Waals surface area contributed by atoms with Gasteiger partial charge in [0, 0.05) is 30.1 Å². The molecule has 1 saturated carbocycles. The van der Waals surface area contributed by atoms with Gasteiger partial charge in [0.2, 0.25) is 0 Å². The van der Waals surface area contributed by atoms with Gasteiger partial charge in [-0.3, -0.25) is 0 Å². The highest BCUT2D eigenvalue weighted by molar-refractivity contribution is 6.30. The van der Waals surface area contributed by atoms with E-state index in [4.69, 9.17) is 17.3 Å². The summed E-state index contributed by atoms with van der Waals surface area (Å²) in [6.45, 7) is 3.02. The van der Waals surface area contributed by atoms with E-state index in [-0.39, 0.29) is 6.10 Å². The van der Waals surface area contributed by atoms with Gasteiger partial charge in [-0.15, -0.1) is 0 Å². The highest BCUT2D eigenvalue weighted by atomic mass is 35.5. The number of hydrogen-bond donors (Lipinski definition) is 2. The molecule has 1 aromatic rings. The molecule has 2 aliphatic rings. The molecule has 0 aromatic heterocycles. The van der Waals surface area contributed by atoms with E-state index in [0.29, 0.717) is 17.9 Å². The lowest BCUT2D eigenvalue weighted by atomic mass is 9.75. The molecule has 1 aromatic carbocycles. The normalized spacial score (nSPS) is 31.3. The topological polar surface area (TPSA) is 49.5 Å². The molecule has 2 fully saturated rings. The lowest BCUT2D eigenvalue weighted by Crippen LogP contribution is -2.37. The van der Waals surface area contributed by atoms with E-state index in [1.165, 1.54) is 12.0 Å². The van der Waals surface area contributed by atoms with Crippen molar-refractivity contribution >= 4 is 11.6 Å². The smallest absolute Gasteiger partial charge is 0.0574 e. The van der Waals surface area contributed by atoms with Crippen LogP contribution in [0.5, 0.6) is 0 Å². The molecular weight excluding hydrogens is 296 g/mol. The van der Waals surface area contributed by atoms with Gasteiger partial charge in [0.15, 0.2) is 0 Å². The lowest BCUT2D eigenvalue weighted by Gasteiger charge is -2.36. The van der Waals surface area contributed by atoms with Gasteiger partial charge in [0.05, 0.1) is 6.10 Å². The molecule has 3 nitrogen and oxygen atoms in total. The zero-order valence-corrected chi connectivity index (χ0v) is 13.9. The molecular formula is C18H27ClN2O. The van der Waals surface area contributed by atoms with Crippen molar-refractivity contribution in [3.05, 3.63) is 34.9 Å². The molecule has 3 rings (SSSR count). The predicted octanol–water partition coefficient (Wildman–Crippen LogP) is 3.01. The maximum Gasteiger partial charge on any atom is 0.0574 e. The minimum atomic E-state index is -0.186. The number of halogens is 1. The summed E-state index contributed by atoms with van der Waals surface area (Å²) in [7, 11) is 0. The van der Waals surface area contributed by atoms with E-state index in [1.54, 1.807) is 0 Å². The Hall–Kier alpha value is -0.610. The third kappa shape index (κ3) is 3.83. The zero-order chi connectivity index (χ0) is 15.5. The highest BCUT2D eigenvalue weighted by Crippen LogP contribution is 2.38. The van der Waals surface area contributed by atoms with Crippen molar-refractivity contribution in [3.63, 3.8) is 0 Å². The summed E-state index contributed by atoms with van der Waals surface area (Å²) in [5, 5.41) is 11.3. The van der Waals surface area contributed by atoms with E-state index < -0.39 is 0 Å². The molecule has 0 radical (unpaired) electrons. The van der Waals surface area contributed by atoms with Crippen molar-refractivity contribution in [2.75, 3.05) is 19.6 Å². The SMILES string of the molecule is NC1CCN(CC(c2cccc(Cl)c2)C2CCCCC2O)C1. The summed E-state index contributed by atoms with van der Waals surface area (Å²) in [6.07, 6.45) is 5.30. The quantitative estimate of drug-likeness (QED) is 0.896. The van der Waals surface area contributed by atoms with Crippen molar-refractivity contribution in [2.45, 2.75) is 50.2 Å². The number of aliphatic hydroxyl groups excluding tert-OH is 1. The van der Waals surface area contributed by atoms with Crippen LogP contribution in [0.15, 0.2) is 24.3 Å². The standard InChI is InChI=1S/C18H27ClN2O/c19-14-5-3-4-13(10-14)17(12-21-9-8-15(20)11-21)16-6-1-2-7-18(16)22/h3-5,10,15-18,22H,1-2,6-9,11-12,20H2. The van der Waals surface area contributed by atoms with Crippen molar-refractivity contribution in [3.8, 4) is 0 Å². The monoisotopic (exact) mass is 322 g/mol. The van der Waals surface area contributed by atoms with E-state index in [9.17, 15) is 5.11 Å². The number of likely N-dealkylation sites (tertiary alicyclic amines) is 1. The summed E-state index contributed by atoms with van der Waals surface area (Å²) in [5.41, 5.74) is 7.32. The second-order valence-electron chi connectivity index (χ2n) is 6.99. The number of aliphatic hydroxyl groups is 1. The molecule has 1 heterocycles. The van der Waals surface area contributed by atoms with Crippen molar-refractivity contribution in [1.29, 1.82) is 0 Å². The molecule has 0 amide bonds. The molecule has 4 unspecified atom stereocenters. The summed E-state index contributed by atoms with van der Waals surface area (Å²) < 4.78 is 0. The molecule has 0 bridgehead atoms. The van der Waals surface area contributed by atoms with Gasteiger partial charge in [-0.05, 0) is 49.4 Å². The molecule has 3 N–H and O–H groups in total. The average Bonchev–Trinajstić information content (AvgIpc) is 2.91. The van der Waals surface area contributed by atoms with Crippen LogP contribution < -0.4 is 5.73 Å². The summed E-state index contributed by atoms with van der Waals surface area (Å²) >= 11 is 6.21. The largest absolute Gasteiger partial charge is 0.393 e. The van der Waals surface area contributed by atoms with Crippen LogP contribution in [-0.2, 0) is 0 Å². The number of rotatable bonds is 4. The Balaban J connectivity index is 1.81. The van der Waals surface area contributed by atoms with Crippen LogP contribution in [-0.4, -0.2) is 41.8 Å². The van der Waals surface area contributed by atoms with Crippen LogP contribution >= 0.6 is 11.6 Å². The molecule has 4 atom stereocenters. The second kappa shape index (κ2) is 7.31. The van der Waals surface area contributed by atoms with Crippen molar-refractivity contribution < 1.29 is 5.11 Å². The molecule has 122 valence electrons. The minimum absolute atomic E-state index is 0.186. The maximum absolute atomic E-state index is 10.5. The minimum Gasteiger partial charge on any atom is -0.393 e. The Labute approximate surface area is 138 Å². The van der Waals surface area contributed by atoms with E-state index in [0.717, 1.165) is 50.3 Å². The Morgan fingerprint density at radius 1 is 1.27 bits per heavy atom. The van der Waals surface area contributed by atoms with Gasteiger partial charge in [0.1, 0.15) is 0 Å². The Kier molecular flexibility index (Phi) is 5.40. The zero-order valence-electron chi connectivity index (χ0n) is 13.1. The van der Waals surface area contributed by atoms with Crippen LogP contribution in [0.2, 0.25) is 5.02 Å². The summed E-state index contributed by atoms with van der Waals surface area (Å²) in [6, 6.07) is 8.48. The fourth-order valence-electron chi connectivity index (χ4n) is 4.14. The molecule has 1 aliphatic carbocycles. The molecule has 22 heavy (non-hydrogen) atoms. The number of hydrogen-bond acceptors (Lipinski definition) is 3. The maximum atomic E-state index is 10.5. The van der Waals surface area contributed by atoms with Crippen molar-refractivity contribution in [2.24, 2.45) is 11.7 Å². The lowest BCUT2D eigenvalue weighted by molar-refractivity contribution is 0.0476. The molecule has 1 aliphatic heterocycles. The fourth-order valence-corrected chi connectivity index (χ4v) is 4.34. The van der Waals surface area contributed by atoms with Crippen LogP contribution in [0.25, 0.3) is 0 Å². The van der Waals surface area contributed by atoms with Crippen LogP contribution in [0.3, 0.4) is 0 Å². The second-order valence-corrected chi connectivity index (χ2v) is 7.42. The third-order valence-corrected chi connectivity index (χ3v) is 5.57. The summed E-state index contributed by atoms with van der Waals surface area (Å²) in [5.74, 6) is 0.684. The highest BCUT2D eigenvalue weighted by Gasteiger charge is 2.34. The number of nitrogens with two attached hydrogens (primary N) is 1. The van der Waals surface area contributed by atoms with Gasteiger partial charge in [-0.2, -0.15) is 0 Å². The Morgan fingerprint density at radius 3 is 2.77 bits per heavy atom. The Morgan fingerprint density at radius 2 is 2.09 bits per heavy atom. The molecule has 0 spiro atoms. The average molecular weight is 323 g/mol. The fraction of sp³-hybridized carbons (Fsp3) is 0.667. The first-order chi connectivity index (χ1) is 10.6. The van der Waals surface area contributed by atoms with Gasteiger partial charge in [-0.25, -0.2) is 0 Å². The summed E-state index contributed by atoms with van der Waals surface area (Å²) in [4.78, 5) is 2.46. The first-order valence-corrected chi connectivity index (χ1v) is 8.93. The van der Waals surface area contributed by atoms with E-state index >= 15 is 0 Å². The first-order valence-electron chi connectivity index (χ1n) is 8.55. The van der Waals surface area contributed by atoms with Gasteiger partial charge >= 0.3 is 0 Å². The number of benzene rings is 1. The van der Waals surface area contributed by atoms with Crippen LogP contribution in [0.1, 0.15) is 43.6 Å². The predicted molar refractivity (Wildman–Crippen MR) is 91.2 cm³/mol. The Bertz CT molecular complexity index is 496. The molecule has 1 saturated heterocycles. The third-order valence-electron chi connectivity index (χ3n) is 5.34. The molecule has 4 heteroatoms.